The maximum atomic E-state index is 14.3. The van der Waals surface area contributed by atoms with Crippen molar-refractivity contribution in [2.75, 3.05) is 13.1 Å². The zero-order valence-corrected chi connectivity index (χ0v) is 13.5. The summed E-state index contributed by atoms with van der Waals surface area (Å²) in [5, 5.41) is 13.7. The highest BCUT2D eigenvalue weighted by Crippen LogP contribution is 2.24. The molecule has 1 aliphatic rings. The van der Waals surface area contributed by atoms with Crippen LogP contribution in [-0.4, -0.2) is 46.8 Å². The number of benzene rings is 1. The van der Waals surface area contributed by atoms with Crippen LogP contribution in [-0.2, 0) is 10.0 Å². The fourth-order valence-electron chi connectivity index (χ4n) is 2.67. The van der Waals surface area contributed by atoms with E-state index < -0.39 is 21.9 Å². The summed E-state index contributed by atoms with van der Waals surface area (Å²) < 4.78 is 42.0. The van der Waals surface area contributed by atoms with Crippen molar-refractivity contribution in [2.24, 2.45) is 0 Å². The van der Waals surface area contributed by atoms with E-state index in [0.717, 1.165) is 11.6 Å². The van der Waals surface area contributed by atoms with E-state index in [0.29, 0.717) is 19.4 Å². The first kappa shape index (κ1) is 16.1. The molecular weight excluding hydrogens is 321 g/mol. The Bertz CT molecular complexity index is 819. The molecule has 1 aliphatic heterocycles. The second-order valence-electron chi connectivity index (χ2n) is 5.73. The van der Waals surface area contributed by atoms with Gasteiger partial charge in [0, 0.05) is 19.3 Å². The molecule has 1 unspecified atom stereocenters. The van der Waals surface area contributed by atoms with Gasteiger partial charge in [-0.25, -0.2) is 17.5 Å². The number of aromatic nitrogens is 2. The first-order valence-electron chi connectivity index (χ1n) is 7.37. The summed E-state index contributed by atoms with van der Waals surface area (Å²) in [4.78, 5) is -0.114. The Labute approximate surface area is 134 Å². The summed E-state index contributed by atoms with van der Waals surface area (Å²) in [6.07, 6.45) is 3.76. The Hall–Kier alpha value is -1.77. The quantitative estimate of drug-likeness (QED) is 0.919. The van der Waals surface area contributed by atoms with Crippen molar-refractivity contribution in [3.8, 4) is 5.69 Å². The highest BCUT2D eigenvalue weighted by Gasteiger charge is 2.30. The van der Waals surface area contributed by atoms with Gasteiger partial charge < -0.3 is 5.11 Å². The van der Waals surface area contributed by atoms with E-state index in [1.54, 1.807) is 12.4 Å². The first-order chi connectivity index (χ1) is 10.9. The van der Waals surface area contributed by atoms with Crippen molar-refractivity contribution in [1.82, 2.24) is 14.1 Å². The molecule has 6 nitrogen and oxygen atoms in total. The molecule has 1 aromatic carbocycles. The minimum Gasteiger partial charge on any atom is -0.392 e. The van der Waals surface area contributed by atoms with Crippen LogP contribution in [0.2, 0.25) is 0 Å². The Morgan fingerprint density at radius 1 is 1.39 bits per heavy atom. The fraction of sp³-hybridized carbons (Fsp3) is 0.400. The Balaban J connectivity index is 1.93. The summed E-state index contributed by atoms with van der Waals surface area (Å²) in [6, 6.07) is 3.77. The number of nitrogens with zero attached hydrogens (tertiary/aromatic N) is 3. The molecule has 1 N–H and O–H groups in total. The lowest BCUT2D eigenvalue weighted by atomic mass is 10.1. The van der Waals surface area contributed by atoms with Crippen LogP contribution in [0.25, 0.3) is 5.69 Å². The SMILES string of the molecule is Cc1cnn(-c2ccc(S(=O)(=O)N3CCCC(O)C3)cc2F)c1. The molecule has 2 aromatic rings. The van der Waals surface area contributed by atoms with Crippen molar-refractivity contribution < 1.29 is 17.9 Å². The molecular formula is C15H18FN3O3S. The maximum Gasteiger partial charge on any atom is 0.243 e. The average Bonchev–Trinajstić information content (AvgIpc) is 2.93. The molecule has 0 saturated carbocycles. The van der Waals surface area contributed by atoms with Crippen molar-refractivity contribution in [3.05, 3.63) is 42.0 Å². The number of hydrogen-bond acceptors (Lipinski definition) is 4. The third kappa shape index (κ3) is 3.15. The Morgan fingerprint density at radius 2 is 2.17 bits per heavy atom. The second-order valence-corrected chi connectivity index (χ2v) is 7.67. The van der Waals surface area contributed by atoms with E-state index in [-0.39, 0.29) is 17.1 Å². The summed E-state index contributed by atoms with van der Waals surface area (Å²) in [5.41, 5.74) is 1.07. The van der Waals surface area contributed by atoms with Crippen LogP contribution in [0.5, 0.6) is 0 Å². The number of aliphatic hydroxyl groups excluding tert-OH is 1. The highest BCUT2D eigenvalue weighted by molar-refractivity contribution is 7.89. The van der Waals surface area contributed by atoms with Crippen LogP contribution in [0.3, 0.4) is 0 Å². The normalized spacial score (nSPS) is 19.9. The molecule has 1 aromatic heterocycles. The van der Waals surface area contributed by atoms with Gasteiger partial charge in [-0.2, -0.15) is 9.40 Å². The van der Waals surface area contributed by atoms with E-state index in [2.05, 4.69) is 5.10 Å². The number of piperidine rings is 1. The van der Waals surface area contributed by atoms with Crippen molar-refractivity contribution in [3.63, 3.8) is 0 Å². The van der Waals surface area contributed by atoms with Crippen LogP contribution in [0, 0.1) is 12.7 Å². The monoisotopic (exact) mass is 339 g/mol. The van der Waals surface area contributed by atoms with Gasteiger partial charge in [-0.05, 0) is 43.5 Å². The fourth-order valence-corrected chi connectivity index (χ4v) is 4.20. The van der Waals surface area contributed by atoms with Crippen LogP contribution < -0.4 is 0 Å². The third-order valence-corrected chi connectivity index (χ3v) is 5.74. The standard InChI is InChI=1S/C15H18FN3O3S/c1-11-8-17-19(9-11)15-5-4-13(7-14(15)16)23(21,22)18-6-2-3-12(20)10-18/h4-5,7-9,12,20H,2-3,6,10H2,1H3. The smallest absolute Gasteiger partial charge is 0.243 e. The third-order valence-electron chi connectivity index (χ3n) is 3.87. The maximum absolute atomic E-state index is 14.3. The van der Waals surface area contributed by atoms with E-state index >= 15 is 0 Å². The number of aliphatic hydroxyl groups is 1. The summed E-state index contributed by atoms with van der Waals surface area (Å²) in [7, 11) is -3.81. The average molecular weight is 339 g/mol. The number of aryl methyl sites for hydroxylation is 1. The highest BCUT2D eigenvalue weighted by atomic mass is 32.2. The van der Waals surface area contributed by atoms with Crippen LogP contribution in [0.15, 0.2) is 35.5 Å². The minimum absolute atomic E-state index is 0.0457. The molecule has 1 fully saturated rings. The van der Waals surface area contributed by atoms with Crippen molar-refractivity contribution >= 4 is 10.0 Å². The predicted octanol–water partition coefficient (Wildman–Crippen LogP) is 1.47. The Kier molecular flexibility index (Phi) is 4.22. The molecule has 2 heterocycles. The van der Waals surface area contributed by atoms with Crippen molar-refractivity contribution in [1.29, 1.82) is 0 Å². The molecule has 0 amide bonds. The number of sulfonamides is 1. The van der Waals surface area contributed by atoms with Gasteiger partial charge >= 0.3 is 0 Å². The van der Waals surface area contributed by atoms with E-state index in [1.807, 2.05) is 6.92 Å². The zero-order chi connectivity index (χ0) is 16.6. The van der Waals surface area contributed by atoms with Gasteiger partial charge in [-0.3, -0.25) is 0 Å². The first-order valence-corrected chi connectivity index (χ1v) is 8.81. The van der Waals surface area contributed by atoms with Gasteiger partial charge in [0.1, 0.15) is 11.5 Å². The molecule has 23 heavy (non-hydrogen) atoms. The molecule has 0 spiro atoms. The molecule has 0 aliphatic carbocycles. The lowest BCUT2D eigenvalue weighted by Gasteiger charge is -2.29. The second kappa shape index (κ2) is 6.03. The number of halogens is 1. The predicted molar refractivity (Wildman–Crippen MR) is 82.3 cm³/mol. The lowest BCUT2D eigenvalue weighted by Crippen LogP contribution is -2.42. The number of β-amino-alcohol motifs (C(OH)–C–C–N with tert-alkyl or cyclic N) is 1. The molecule has 1 saturated heterocycles. The van der Waals surface area contributed by atoms with Gasteiger partial charge in [0.25, 0.3) is 0 Å². The minimum atomic E-state index is -3.81. The summed E-state index contributed by atoms with van der Waals surface area (Å²) in [5.74, 6) is -0.660. The molecule has 1 atom stereocenters. The Morgan fingerprint density at radius 3 is 2.78 bits per heavy atom. The van der Waals surface area contributed by atoms with E-state index in [4.69, 9.17) is 0 Å². The lowest BCUT2D eigenvalue weighted by molar-refractivity contribution is 0.108. The largest absolute Gasteiger partial charge is 0.392 e. The summed E-state index contributed by atoms with van der Waals surface area (Å²) >= 11 is 0. The van der Waals surface area contributed by atoms with Crippen LogP contribution in [0.1, 0.15) is 18.4 Å². The van der Waals surface area contributed by atoms with Gasteiger partial charge in [0.2, 0.25) is 10.0 Å². The zero-order valence-electron chi connectivity index (χ0n) is 12.7. The topological polar surface area (TPSA) is 75.4 Å². The molecule has 3 rings (SSSR count). The molecule has 0 bridgehead atoms. The van der Waals surface area contributed by atoms with Gasteiger partial charge in [-0.15, -0.1) is 0 Å². The molecule has 8 heteroatoms. The summed E-state index contributed by atoms with van der Waals surface area (Å²) in [6.45, 7) is 2.22. The van der Waals surface area contributed by atoms with Crippen LogP contribution in [0.4, 0.5) is 4.39 Å². The van der Waals surface area contributed by atoms with Gasteiger partial charge in [0.05, 0.1) is 17.2 Å². The van der Waals surface area contributed by atoms with Gasteiger partial charge in [-0.1, -0.05) is 0 Å². The molecule has 0 radical (unpaired) electrons. The number of rotatable bonds is 3. The van der Waals surface area contributed by atoms with Crippen molar-refractivity contribution in [2.45, 2.75) is 30.8 Å². The van der Waals surface area contributed by atoms with Gasteiger partial charge in [0.15, 0.2) is 0 Å². The van der Waals surface area contributed by atoms with Crippen LogP contribution >= 0.6 is 0 Å². The van der Waals surface area contributed by atoms with E-state index in [1.165, 1.54) is 21.1 Å². The number of hydrogen-bond donors (Lipinski definition) is 1. The van der Waals surface area contributed by atoms with E-state index in [9.17, 15) is 17.9 Å². The molecule has 124 valence electrons.